The van der Waals surface area contributed by atoms with Gasteiger partial charge in [-0.15, -0.1) is 11.8 Å². The number of para-hydroxylation sites is 1. The van der Waals surface area contributed by atoms with Crippen LogP contribution in [0.2, 0.25) is 0 Å². The van der Waals surface area contributed by atoms with Gasteiger partial charge in [0.25, 0.3) is 5.91 Å². The Morgan fingerprint density at radius 3 is 2.54 bits per heavy atom. The molecule has 2 aromatic carbocycles. The number of carbonyl (C=O) groups is 1. The first-order valence-electron chi connectivity index (χ1n) is 7.41. The van der Waals surface area contributed by atoms with Gasteiger partial charge < -0.3 is 9.47 Å². The van der Waals surface area contributed by atoms with Gasteiger partial charge in [-0.2, -0.15) is 5.10 Å². The van der Waals surface area contributed by atoms with Crippen LogP contribution < -0.4 is 14.9 Å². The molecule has 126 valence electrons. The van der Waals surface area contributed by atoms with Crippen LogP contribution in [0.1, 0.15) is 12.5 Å². The van der Waals surface area contributed by atoms with Crippen LogP contribution in [0.25, 0.3) is 0 Å². The van der Waals surface area contributed by atoms with Crippen molar-refractivity contribution in [3.8, 4) is 11.5 Å². The molecule has 0 aliphatic carbocycles. The van der Waals surface area contributed by atoms with Gasteiger partial charge in [0.05, 0.1) is 25.7 Å². The molecule has 24 heavy (non-hydrogen) atoms. The number of methoxy groups -OCH3 is 2. The Hall–Kier alpha value is -2.47. The van der Waals surface area contributed by atoms with Gasteiger partial charge in [0, 0.05) is 10.5 Å². The van der Waals surface area contributed by atoms with E-state index in [0.29, 0.717) is 11.5 Å². The maximum atomic E-state index is 12.1. The molecule has 0 fully saturated rings. The van der Waals surface area contributed by atoms with Crippen molar-refractivity contribution >= 4 is 23.9 Å². The summed E-state index contributed by atoms with van der Waals surface area (Å²) >= 11 is 1.48. The Morgan fingerprint density at radius 1 is 1.12 bits per heavy atom. The second-order valence-electron chi connectivity index (χ2n) is 4.89. The molecule has 5 nitrogen and oxygen atoms in total. The molecule has 0 bridgehead atoms. The van der Waals surface area contributed by atoms with Crippen molar-refractivity contribution in [3.05, 3.63) is 54.1 Å². The van der Waals surface area contributed by atoms with E-state index in [0.717, 1.165) is 10.5 Å². The van der Waals surface area contributed by atoms with Crippen molar-refractivity contribution in [1.82, 2.24) is 5.43 Å². The molecule has 6 heteroatoms. The Kier molecular flexibility index (Phi) is 6.69. The topological polar surface area (TPSA) is 59.9 Å². The van der Waals surface area contributed by atoms with Crippen molar-refractivity contribution in [3.63, 3.8) is 0 Å². The van der Waals surface area contributed by atoms with Crippen molar-refractivity contribution < 1.29 is 14.3 Å². The molecule has 0 radical (unpaired) electrons. The normalized spacial score (nSPS) is 12.0. The number of hydrazone groups is 1. The largest absolute Gasteiger partial charge is 0.493 e. The molecule has 0 saturated heterocycles. The van der Waals surface area contributed by atoms with Crippen LogP contribution in [-0.4, -0.2) is 31.6 Å². The van der Waals surface area contributed by atoms with Crippen LogP contribution in [0.15, 0.2) is 58.5 Å². The smallest absolute Gasteiger partial charge is 0.253 e. The quantitative estimate of drug-likeness (QED) is 0.475. The number of amides is 1. The lowest BCUT2D eigenvalue weighted by Gasteiger charge is -2.10. The molecule has 0 aliphatic rings. The van der Waals surface area contributed by atoms with E-state index in [1.807, 2.05) is 49.4 Å². The van der Waals surface area contributed by atoms with Crippen LogP contribution in [0.3, 0.4) is 0 Å². The highest BCUT2D eigenvalue weighted by Crippen LogP contribution is 2.29. The summed E-state index contributed by atoms with van der Waals surface area (Å²) in [4.78, 5) is 13.2. The Labute approximate surface area is 146 Å². The highest BCUT2D eigenvalue weighted by molar-refractivity contribution is 8.00. The summed E-state index contributed by atoms with van der Waals surface area (Å²) in [5, 5.41) is 3.76. The van der Waals surface area contributed by atoms with Crippen molar-refractivity contribution in [2.24, 2.45) is 5.10 Å². The fourth-order valence-corrected chi connectivity index (χ4v) is 2.91. The van der Waals surface area contributed by atoms with E-state index in [1.54, 1.807) is 26.5 Å². The maximum absolute atomic E-state index is 12.1. The number of carbonyl (C=O) groups excluding carboxylic acids is 1. The minimum absolute atomic E-state index is 0.165. The molecule has 0 heterocycles. The number of hydrogen-bond donors (Lipinski definition) is 1. The number of nitrogens with zero attached hydrogens (tertiary/aromatic N) is 1. The zero-order chi connectivity index (χ0) is 17.4. The maximum Gasteiger partial charge on any atom is 0.253 e. The van der Waals surface area contributed by atoms with Crippen molar-refractivity contribution in [2.75, 3.05) is 14.2 Å². The van der Waals surface area contributed by atoms with Crippen LogP contribution in [0.4, 0.5) is 0 Å². The second-order valence-corrected chi connectivity index (χ2v) is 6.30. The van der Waals surface area contributed by atoms with Gasteiger partial charge in [0.2, 0.25) is 0 Å². The van der Waals surface area contributed by atoms with Crippen molar-refractivity contribution in [1.29, 1.82) is 0 Å². The summed E-state index contributed by atoms with van der Waals surface area (Å²) in [5.74, 6) is 1.02. The van der Waals surface area contributed by atoms with Gasteiger partial charge in [-0.05, 0) is 31.2 Å². The molecule has 0 aliphatic heterocycles. The SMILES string of the molecule is COc1cccc(/C=N\NC(=O)[C@H](C)Sc2ccccc2)c1OC. The highest BCUT2D eigenvalue weighted by atomic mass is 32.2. The van der Waals surface area contributed by atoms with Crippen LogP contribution in [0.5, 0.6) is 11.5 Å². The fraction of sp³-hybridized carbons (Fsp3) is 0.222. The van der Waals surface area contributed by atoms with E-state index >= 15 is 0 Å². The number of hydrogen-bond acceptors (Lipinski definition) is 5. The molecule has 1 N–H and O–H groups in total. The Morgan fingerprint density at radius 2 is 1.88 bits per heavy atom. The number of ether oxygens (including phenoxy) is 2. The minimum Gasteiger partial charge on any atom is -0.493 e. The summed E-state index contributed by atoms with van der Waals surface area (Å²) in [7, 11) is 3.13. The lowest BCUT2D eigenvalue weighted by atomic mass is 10.2. The third-order valence-corrected chi connectivity index (χ3v) is 4.35. The van der Waals surface area contributed by atoms with E-state index in [1.165, 1.54) is 11.8 Å². The number of benzene rings is 2. The summed E-state index contributed by atoms with van der Waals surface area (Å²) < 4.78 is 10.5. The predicted molar refractivity (Wildman–Crippen MR) is 97.0 cm³/mol. The van der Waals surface area contributed by atoms with Gasteiger partial charge in [-0.1, -0.05) is 24.3 Å². The summed E-state index contributed by atoms with van der Waals surface area (Å²) in [6.45, 7) is 1.84. The zero-order valence-electron chi connectivity index (χ0n) is 13.9. The summed E-state index contributed by atoms with van der Waals surface area (Å²) in [6.07, 6.45) is 1.54. The molecule has 0 unspecified atom stereocenters. The van der Waals surface area contributed by atoms with Gasteiger partial charge in [-0.3, -0.25) is 4.79 Å². The molecule has 1 amide bonds. The first kappa shape index (κ1) is 17.9. The lowest BCUT2D eigenvalue weighted by Crippen LogP contribution is -2.26. The van der Waals surface area contributed by atoms with Crippen LogP contribution >= 0.6 is 11.8 Å². The van der Waals surface area contributed by atoms with Crippen LogP contribution in [0, 0.1) is 0 Å². The molecule has 2 rings (SSSR count). The molecule has 2 aromatic rings. The molecule has 0 saturated carbocycles. The standard InChI is InChI=1S/C18H20N2O3S/c1-13(24-15-9-5-4-6-10-15)18(21)20-19-12-14-8-7-11-16(22-2)17(14)23-3/h4-13H,1-3H3,(H,20,21)/b19-12-/t13-/m0/s1. The molecular weight excluding hydrogens is 324 g/mol. The summed E-state index contributed by atoms with van der Waals surface area (Å²) in [5.41, 5.74) is 3.28. The minimum atomic E-state index is -0.253. The molecule has 0 spiro atoms. The van der Waals surface area contributed by atoms with E-state index in [-0.39, 0.29) is 11.2 Å². The first-order valence-corrected chi connectivity index (χ1v) is 8.29. The second kappa shape index (κ2) is 8.98. The summed E-state index contributed by atoms with van der Waals surface area (Å²) in [6, 6.07) is 15.2. The monoisotopic (exact) mass is 344 g/mol. The van der Waals surface area contributed by atoms with E-state index in [9.17, 15) is 4.79 Å². The van der Waals surface area contributed by atoms with Gasteiger partial charge >= 0.3 is 0 Å². The van der Waals surface area contributed by atoms with E-state index in [2.05, 4.69) is 10.5 Å². The van der Waals surface area contributed by atoms with E-state index in [4.69, 9.17) is 9.47 Å². The molecular formula is C18H20N2O3S. The zero-order valence-corrected chi connectivity index (χ0v) is 14.7. The number of nitrogens with one attached hydrogen (secondary N) is 1. The Bertz CT molecular complexity index is 705. The molecule has 1 atom stereocenters. The van der Waals surface area contributed by atoms with Gasteiger partial charge in [-0.25, -0.2) is 5.43 Å². The number of thioether (sulfide) groups is 1. The van der Waals surface area contributed by atoms with Crippen molar-refractivity contribution in [2.45, 2.75) is 17.1 Å². The third kappa shape index (κ3) is 4.76. The molecule has 0 aromatic heterocycles. The van der Waals surface area contributed by atoms with E-state index < -0.39 is 0 Å². The highest BCUT2D eigenvalue weighted by Gasteiger charge is 2.13. The number of rotatable bonds is 7. The Balaban J connectivity index is 1.97. The fourth-order valence-electron chi connectivity index (χ4n) is 2.03. The lowest BCUT2D eigenvalue weighted by molar-refractivity contribution is -0.120. The predicted octanol–water partition coefficient (Wildman–Crippen LogP) is 3.33. The first-order chi connectivity index (χ1) is 11.7. The van der Waals surface area contributed by atoms with Gasteiger partial charge in [0.1, 0.15) is 0 Å². The average molecular weight is 344 g/mol. The van der Waals surface area contributed by atoms with Gasteiger partial charge in [0.15, 0.2) is 11.5 Å². The average Bonchev–Trinajstić information content (AvgIpc) is 2.62. The van der Waals surface area contributed by atoms with Crippen LogP contribution in [-0.2, 0) is 4.79 Å². The third-order valence-electron chi connectivity index (χ3n) is 3.24.